The number of aromatic carboxylic acids is 1. The summed E-state index contributed by atoms with van der Waals surface area (Å²) in [5.74, 6) is -0.996. The number of benzene rings is 2. The fourth-order valence-electron chi connectivity index (χ4n) is 1.83. The van der Waals surface area contributed by atoms with Crippen LogP contribution in [-0.2, 0) is 0 Å². The summed E-state index contributed by atoms with van der Waals surface area (Å²) < 4.78 is 0. The highest BCUT2D eigenvalue weighted by molar-refractivity contribution is 6.33. The van der Waals surface area contributed by atoms with E-state index in [9.17, 15) is 4.79 Å². The third kappa shape index (κ3) is 3.44. The number of halogens is 2. The molecule has 0 bridgehead atoms. The Morgan fingerprint density at radius 2 is 1.80 bits per heavy atom. The highest BCUT2D eigenvalue weighted by Crippen LogP contribution is 2.27. The summed E-state index contributed by atoms with van der Waals surface area (Å²) in [5, 5.41) is 13.2. The van der Waals surface area contributed by atoms with Crippen molar-refractivity contribution in [2.75, 3.05) is 5.32 Å². The minimum Gasteiger partial charge on any atom is -0.478 e. The minimum absolute atomic E-state index is 0.0282. The van der Waals surface area contributed by atoms with Crippen molar-refractivity contribution < 1.29 is 9.90 Å². The van der Waals surface area contributed by atoms with Crippen molar-refractivity contribution in [1.29, 1.82) is 0 Å². The zero-order valence-electron chi connectivity index (χ0n) is 10.7. The predicted molar refractivity (Wildman–Crippen MR) is 81.9 cm³/mol. The van der Waals surface area contributed by atoms with Crippen LogP contribution in [0.15, 0.2) is 42.5 Å². The zero-order valence-corrected chi connectivity index (χ0v) is 12.2. The fourth-order valence-corrected chi connectivity index (χ4v) is 2.19. The molecule has 0 aliphatic carbocycles. The number of hydrogen-bond donors (Lipinski definition) is 2. The molecule has 0 heterocycles. The fraction of sp³-hybridized carbons (Fsp3) is 0.133. The Morgan fingerprint density at radius 1 is 1.15 bits per heavy atom. The summed E-state index contributed by atoms with van der Waals surface area (Å²) in [7, 11) is 0. The quantitative estimate of drug-likeness (QED) is 0.847. The lowest BCUT2D eigenvalue weighted by molar-refractivity contribution is 0.0697. The van der Waals surface area contributed by atoms with Crippen LogP contribution in [0.1, 0.15) is 28.9 Å². The third-order valence-electron chi connectivity index (χ3n) is 2.96. The summed E-state index contributed by atoms with van der Waals surface area (Å²) in [5.41, 5.74) is 1.92. The van der Waals surface area contributed by atoms with Crippen molar-refractivity contribution >= 4 is 34.9 Å². The van der Waals surface area contributed by atoms with Gasteiger partial charge in [-0.25, -0.2) is 4.79 Å². The van der Waals surface area contributed by atoms with Gasteiger partial charge in [-0.1, -0.05) is 35.3 Å². The third-order valence-corrected chi connectivity index (χ3v) is 3.52. The van der Waals surface area contributed by atoms with Gasteiger partial charge in [0, 0.05) is 11.1 Å². The largest absolute Gasteiger partial charge is 0.478 e. The molecule has 0 amide bonds. The Bertz CT molecular complexity index is 626. The Kier molecular flexibility index (Phi) is 4.53. The van der Waals surface area contributed by atoms with E-state index in [0.717, 1.165) is 5.56 Å². The van der Waals surface area contributed by atoms with Crippen molar-refractivity contribution in [3.63, 3.8) is 0 Å². The van der Waals surface area contributed by atoms with Gasteiger partial charge in [0.05, 0.1) is 16.3 Å². The molecule has 2 N–H and O–H groups in total. The monoisotopic (exact) mass is 309 g/mol. The molecule has 1 unspecified atom stereocenters. The van der Waals surface area contributed by atoms with E-state index in [1.54, 1.807) is 6.07 Å². The van der Waals surface area contributed by atoms with Crippen LogP contribution in [0, 0.1) is 0 Å². The summed E-state index contributed by atoms with van der Waals surface area (Å²) >= 11 is 11.9. The van der Waals surface area contributed by atoms with Crippen LogP contribution in [-0.4, -0.2) is 11.1 Å². The number of carboxylic acids is 1. The first-order valence-corrected chi connectivity index (χ1v) is 6.78. The van der Waals surface area contributed by atoms with Crippen LogP contribution in [0.3, 0.4) is 0 Å². The van der Waals surface area contributed by atoms with Gasteiger partial charge in [-0.2, -0.15) is 0 Å². The van der Waals surface area contributed by atoms with E-state index >= 15 is 0 Å². The Morgan fingerprint density at radius 3 is 2.35 bits per heavy atom. The summed E-state index contributed by atoms with van der Waals surface area (Å²) in [6, 6.07) is 12.2. The number of carboxylic acid groups (broad SMARTS) is 1. The highest BCUT2D eigenvalue weighted by atomic mass is 35.5. The van der Waals surface area contributed by atoms with E-state index in [2.05, 4.69) is 5.32 Å². The number of nitrogens with one attached hydrogen (secondary N) is 1. The molecule has 0 aliphatic heterocycles. The zero-order chi connectivity index (χ0) is 14.7. The van der Waals surface area contributed by atoms with Gasteiger partial charge in [-0.15, -0.1) is 0 Å². The van der Waals surface area contributed by atoms with Crippen molar-refractivity contribution in [1.82, 2.24) is 0 Å². The van der Waals surface area contributed by atoms with Crippen LogP contribution in [0.2, 0.25) is 10.0 Å². The van der Waals surface area contributed by atoms with Crippen LogP contribution < -0.4 is 5.32 Å². The molecule has 0 radical (unpaired) electrons. The maximum atomic E-state index is 10.8. The molecule has 0 saturated heterocycles. The topological polar surface area (TPSA) is 49.3 Å². The van der Waals surface area contributed by atoms with Gasteiger partial charge >= 0.3 is 5.97 Å². The van der Waals surface area contributed by atoms with Crippen molar-refractivity contribution in [3.8, 4) is 0 Å². The van der Waals surface area contributed by atoms with Crippen LogP contribution in [0.25, 0.3) is 0 Å². The first-order chi connectivity index (χ1) is 9.47. The van der Waals surface area contributed by atoms with Crippen LogP contribution >= 0.6 is 23.2 Å². The first-order valence-electron chi connectivity index (χ1n) is 6.02. The average Bonchev–Trinajstić information content (AvgIpc) is 2.41. The second-order valence-electron chi connectivity index (χ2n) is 4.42. The predicted octanol–water partition coefficient (Wildman–Crippen LogP) is 4.86. The molecule has 5 heteroatoms. The Balaban J connectivity index is 2.17. The number of rotatable bonds is 4. The molecule has 20 heavy (non-hydrogen) atoms. The molecule has 0 spiro atoms. The molecule has 3 nitrogen and oxygen atoms in total. The molecule has 2 rings (SSSR count). The average molecular weight is 310 g/mol. The second-order valence-corrected chi connectivity index (χ2v) is 5.26. The van der Waals surface area contributed by atoms with E-state index in [4.69, 9.17) is 28.3 Å². The number of hydrogen-bond acceptors (Lipinski definition) is 2. The van der Waals surface area contributed by atoms with E-state index < -0.39 is 5.97 Å². The lowest BCUT2D eigenvalue weighted by Gasteiger charge is -2.17. The Hall–Kier alpha value is -1.71. The lowest BCUT2D eigenvalue weighted by Crippen LogP contribution is -2.07. The highest BCUT2D eigenvalue weighted by Gasteiger charge is 2.10. The van der Waals surface area contributed by atoms with E-state index in [0.29, 0.717) is 15.7 Å². The maximum absolute atomic E-state index is 10.8. The van der Waals surface area contributed by atoms with Gasteiger partial charge in [-0.05, 0) is 42.8 Å². The van der Waals surface area contributed by atoms with Gasteiger partial charge in [0.25, 0.3) is 0 Å². The van der Waals surface area contributed by atoms with Crippen molar-refractivity contribution in [2.24, 2.45) is 0 Å². The van der Waals surface area contributed by atoms with Crippen LogP contribution in [0.4, 0.5) is 5.69 Å². The molecular weight excluding hydrogens is 297 g/mol. The number of anilines is 1. The van der Waals surface area contributed by atoms with Crippen molar-refractivity contribution in [2.45, 2.75) is 13.0 Å². The molecule has 2 aromatic carbocycles. The van der Waals surface area contributed by atoms with E-state index in [1.807, 2.05) is 31.2 Å². The maximum Gasteiger partial charge on any atom is 0.335 e. The minimum atomic E-state index is -0.996. The van der Waals surface area contributed by atoms with Crippen LogP contribution in [0.5, 0.6) is 0 Å². The molecule has 0 aliphatic rings. The Labute approximate surface area is 127 Å². The standard InChI is InChI=1S/C15H13Cl2NO2/c1-9(10-2-5-12(16)6-3-10)18-14-7-4-11(15(19)20)8-13(14)17/h2-9,18H,1H3,(H,19,20). The molecule has 0 aromatic heterocycles. The summed E-state index contributed by atoms with van der Waals surface area (Å²) in [6.07, 6.45) is 0. The van der Waals surface area contributed by atoms with Crippen molar-refractivity contribution in [3.05, 3.63) is 63.6 Å². The molecule has 0 fully saturated rings. The molecule has 1 atom stereocenters. The van der Waals surface area contributed by atoms with Gasteiger partial charge in [0.15, 0.2) is 0 Å². The van der Waals surface area contributed by atoms with Gasteiger partial charge in [-0.3, -0.25) is 0 Å². The molecular formula is C15H13Cl2NO2. The second kappa shape index (κ2) is 6.16. The molecule has 0 saturated carbocycles. The lowest BCUT2D eigenvalue weighted by atomic mass is 10.1. The molecule has 104 valence electrons. The SMILES string of the molecule is CC(Nc1ccc(C(=O)O)cc1Cl)c1ccc(Cl)cc1. The van der Waals surface area contributed by atoms with Gasteiger partial charge < -0.3 is 10.4 Å². The normalized spacial score (nSPS) is 11.9. The number of carbonyl (C=O) groups is 1. The smallest absolute Gasteiger partial charge is 0.335 e. The van der Waals surface area contributed by atoms with Gasteiger partial charge in [0.2, 0.25) is 0 Å². The summed E-state index contributed by atoms with van der Waals surface area (Å²) in [4.78, 5) is 10.8. The van der Waals surface area contributed by atoms with E-state index in [-0.39, 0.29) is 11.6 Å². The van der Waals surface area contributed by atoms with E-state index in [1.165, 1.54) is 12.1 Å². The first kappa shape index (κ1) is 14.7. The van der Waals surface area contributed by atoms with Gasteiger partial charge in [0.1, 0.15) is 0 Å². The molecule has 2 aromatic rings. The summed E-state index contributed by atoms with van der Waals surface area (Å²) in [6.45, 7) is 1.99.